The normalized spacial score (nSPS) is 24.5. The molecule has 7 N–H and O–H groups in total. The Hall–Kier alpha value is -6.56. The molecule has 2 fully saturated rings. The van der Waals surface area contributed by atoms with E-state index in [-0.39, 0.29) is 72.7 Å². The number of nitrogens with one attached hydrogen (secondary N) is 2. The van der Waals surface area contributed by atoms with E-state index in [1.165, 1.54) is 36.0 Å². The first-order valence-electron chi connectivity index (χ1n) is 29.5. The number of dihydropyridines is 1. The lowest BCUT2D eigenvalue weighted by atomic mass is 9.57. The number of fused-ring (bicyclic) bond motifs is 9. The van der Waals surface area contributed by atoms with Gasteiger partial charge in [-0.05, 0) is 182 Å². The van der Waals surface area contributed by atoms with E-state index in [9.17, 15) is 25.5 Å². The lowest BCUT2D eigenvalue weighted by molar-refractivity contribution is 0.00498. The van der Waals surface area contributed by atoms with Gasteiger partial charge < -0.3 is 54.4 Å². The number of aliphatic hydroxyl groups excluding tert-OH is 2. The zero-order valence-electron chi connectivity index (χ0n) is 45.9. The Kier molecular flexibility index (Phi) is 16.4. The van der Waals surface area contributed by atoms with Crippen molar-refractivity contribution in [1.82, 2.24) is 15.2 Å². The van der Waals surface area contributed by atoms with Crippen molar-refractivity contribution >= 4 is 16.6 Å². The van der Waals surface area contributed by atoms with E-state index in [1.54, 1.807) is 24.3 Å². The van der Waals surface area contributed by atoms with Crippen molar-refractivity contribution in [2.45, 2.75) is 152 Å². The molecule has 6 bridgehead atoms. The molecule has 80 heavy (non-hydrogen) atoms. The lowest BCUT2D eigenvalue weighted by Crippen LogP contribution is -2.47. The average molecular weight is 1080 g/mol. The largest absolute Gasteiger partial charge is 0.508 e. The van der Waals surface area contributed by atoms with E-state index in [2.05, 4.69) is 88.0 Å². The van der Waals surface area contributed by atoms with Gasteiger partial charge in [-0.15, -0.1) is 0 Å². The maximum atomic E-state index is 11.9. The Morgan fingerprint density at radius 2 is 1.68 bits per heavy atom. The lowest BCUT2D eigenvalue weighted by Gasteiger charge is -2.49. The van der Waals surface area contributed by atoms with Crippen LogP contribution in [0.2, 0.25) is 0 Å². The highest BCUT2D eigenvalue weighted by molar-refractivity contribution is 5.88. The summed E-state index contributed by atoms with van der Waals surface area (Å²) in [6.45, 7) is 1.92. The molecule has 12 rings (SSSR count). The molecule has 2 aliphatic carbocycles. The first-order chi connectivity index (χ1) is 39.1. The van der Waals surface area contributed by atoms with Gasteiger partial charge in [0.25, 0.3) is 0 Å². The zero-order valence-corrected chi connectivity index (χ0v) is 45.9. The van der Waals surface area contributed by atoms with Crippen LogP contribution in [0.3, 0.4) is 0 Å². The number of aromatic hydroxyl groups is 3. The summed E-state index contributed by atoms with van der Waals surface area (Å²) in [6, 6.07) is 30.2. The number of hydrogen-bond acceptors (Lipinski definition) is 11. The second kappa shape index (κ2) is 24.3. The molecule has 6 atom stereocenters. The molecule has 1 aromatic heterocycles. The van der Waals surface area contributed by atoms with Crippen molar-refractivity contribution in [3.05, 3.63) is 171 Å². The van der Waals surface area contributed by atoms with Crippen molar-refractivity contribution in [3.8, 4) is 34.8 Å². The standard InChI is InChI=1S/C68H77N3O9/c72-39-52-33-64(76)65-34-48(52)22-24-57(74)36-59-14-7-8-44(16-17-45-19-25-63(75)50(28-45)29-46-9-6-11-56(73)30-46)18-20-49-35-66(69-43-80-58-12-2-1-3-13-58)70-67(61(49)42-78-59)71-37-51-31-55(32-53(40-79-65)60(51)38-71)68-26-27-77-41-54(68)23-21-47-10-4-5-15-62(47)68/h4-6,9-11,15,19,25,28,30-35,37-38,44,54,57-59,66,69-70,72-76H,1-3,7-8,12-14,16-17,21-24,26-27,29,36,39-43H2/t44-,54+,57+,59-,66?,68+/m0/s1. The van der Waals surface area contributed by atoms with Crippen LogP contribution >= 0.6 is 0 Å². The van der Waals surface area contributed by atoms with E-state index in [4.69, 9.17) is 18.9 Å². The number of phenolic OH excluding ortho intramolecular Hbond substituents is 3. The predicted octanol–water partition coefficient (Wildman–Crippen LogP) is 11.1. The van der Waals surface area contributed by atoms with Crippen LogP contribution < -0.4 is 15.4 Å². The summed E-state index contributed by atoms with van der Waals surface area (Å²) in [5.41, 5.74) is 10.8. The van der Waals surface area contributed by atoms with Gasteiger partial charge in [-0.1, -0.05) is 85.7 Å². The topological polar surface area (TPSA) is 167 Å². The van der Waals surface area contributed by atoms with Crippen LogP contribution in [-0.4, -0.2) is 81.1 Å². The fourth-order valence-corrected chi connectivity index (χ4v) is 13.9. The number of phenols is 3. The second-order valence-electron chi connectivity index (χ2n) is 23.4. The summed E-state index contributed by atoms with van der Waals surface area (Å²) in [5.74, 6) is 9.46. The van der Waals surface area contributed by atoms with Gasteiger partial charge in [0.2, 0.25) is 0 Å². The molecule has 418 valence electrons. The predicted molar refractivity (Wildman–Crippen MR) is 310 cm³/mol. The summed E-state index contributed by atoms with van der Waals surface area (Å²) < 4.78 is 28.7. The number of aromatic nitrogens is 1. The molecule has 0 spiro atoms. The highest BCUT2D eigenvalue weighted by Gasteiger charge is 2.47. The molecular weight excluding hydrogens is 1000 g/mol. The summed E-state index contributed by atoms with van der Waals surface area (Å²) in [5, 5.41) is 64.7. The van der Waals surface area contributed by atoms with Crippen LogP contribution in [0.25, 0.3) is 16.6 Å². The number of nitrogens with zero attached hydrogens (tertiary/aromatic N) is 1. The fraction of sp³-hybridized carbons (Fsp3) is 0.441. The highest BCUT2D eigenvalue weighted by atomic mass is 16.5. The number of hydrogen-bond donors (Lipinski definition) is 7. The van der Waals surface area contributed by atoms with Crippen LogP contribution in [0.5, 0.6) is 23.0 Å². The first-order valence-corrected chi connectivity index (χ1v) is 29.5. The minimum atomic E-state index is -0.698. The van der Waals surface area contributed by atoms with Crippen LogP contribution in [0, 0.1) is 23.7 Å². The maximum absolute atomic E-state index is 11.9. The molecule has 1 saturated carbocycles. The van der Waals surface area contributed by atoms with E-state index in [0.29, 0.717) is 56.9 Å². The van der Waals surface area contributed by atoms with Gasteiger partial charge in [0.05, 0.1) is 44.9 Å². The minimum absolute atomic E-state index is 0.0373. The van der Waals surface area contributed by atoms with Crippen molar-refractivity contribution in [1.29, 1.82) is 0 Å². The van der Waals surface area contributed by atoms with Crippen LogP contribution in [0.1, 0.15) is 134 Å². The smallest absolute Gasteiger partial charge is 0.161 e. The third kappa shape index (κ3) is 11.8. The SMILES string of the molecule is OCc1cc(O)c2cc1CC[C@@H](O)C[C@@H]1CCC[C@@H](CCc3ccc(O)c(Cc4cccc(O)c4)c3)C#CC3=CC(NCOC4CCCCC4)NC(=C3CO1)n1cc3cc([C@@]45CCOC[C@H]4CCc4ccccc45)cc(c3c1)CO2. The summed E-state index contributed by atoms with van der Waals surface area (Å²) in [6.07, 6.45) is 20.0. The molecule has 4 aliphatic heterocycles. The van der Waals surface area contributed by atoms with Gasteiger partial charge in [-0.25, -0.2) is 0 Å². The Balaban J connectivity index is 0.964. The van der Waals surface area contributed by atoms with Crippen LogP contribution in [0.15, 0.2) is 121 Å². The molecule has 6 aliphatic rings. The summed E-state index contributed by atoms with van der Waals surface area (Å²) >= 11 is 0. The fourth-order valence-electron chi connectivity index (χ4n) is 13.9. The van der Waals surface area contributed by atoms with Gasteiger partial charge in [0.1, 0.15) is 30.1 Å². The van der Waals surface area contributed by atoms with E-state index >= 15 is 0 Å². The average Bonchev–Trinajstić information content (AvgIpc) is 3.93. The summed E-state index contributed by atoms with van der Waals surface area (Å²) in [7, 11) is 0. The zero-order chi connectivity index (χ0) is 54.6. The van der Waals surface area contributed by atoms with Gasteiger partial charge >= 0.3 is 0 Å². The number of benzene rings is 5. The van der Waals surface area contributed by atoms with Gasteiger partial charge in [0.15, 0.2) is 11.5 Å². The Morgan fingerprint density at radius 1 is 0.787 bits per heavy atom. The molecule has 0 radical (unpaired) electrons. The molecule has 12 nitrogen and oxygen atoms in total. The summed E-state index contributed by atoms with van der Waals surface area (Å²) in [4.78, 5) is 0. The van der Waals surface area contributed by atoms with E-state index in [0.717, 1.165) is 120 Å². The van der Waals surface area contributed by atoms with Crippen molar-refractivity contribution in [3.63, 3.8) is 0 Å². The monoisotopic (exact) mass is 1080 g/mol. The van der Waals surface area contributed by atoms with E-state index in [1.807, 2.05) is 24.3 Å². The number of ether oxygens (including phenoxy) is 4. The second-order valence-corrected chi connectivity index (χ2v) is 23.4. The molecular formula is C68H77N3O9. The highest BCUT2D eigenvalue weighted by Crippen LogP contribution is 2.52. The Bertz CT molecular complexity index is 3330. The molecule has 6 aromatic rings. The van der Waals surface area contributed by atoms with Crippen molar-refractivity contribution in [2.75, 3.05) is 26.6 Å². The molecule has 1 unspecified atom stereocenters. The maximum Gasteiger partial charge on any atom is 0.161 e. The Morgan fingerprint density at radius 3 is 2.56 bits per heavy atom. The molecule has 12 heteroatoms. The first kappa shape index (κ1) is 54.0. The molecule has 0 amide bonds. The molecule has 5 aromatic carbocycles. The van der Waals surface area contributed by atoms with Gasteiger partial charge in [-0.2, -0.15) is 0 Å². The number of aryl methyl sites for hydroxylation is 3. The number of aliphatic hydroxyl groups is 2. The van der Waals surface area contributed by atoms with Crippen LogP contribution in [-0.2, 0) is 58.5 Å². The quantitative estimate of drug-likeness (QED) is 0.0487. The molecule has 5 heterocycles. The third-order valence-electron chi connectivity index (χ3n) is 18.2. The third-order valence-corrected chi connectivity index (χ3v) is 18.2. The molecule has 1 saturated heterocycles. The van der Waals surface area contributed by atoms with Crippen molar-refractivity contribution in [2.24, 2.45) is 11.8 Å². The van der Waals surface area contributed by atoms with E-state index < -0.39 is 6.10 Å². The Labute approximate surface area is 470 Å². The number of rotatable bonds is 11. The van der Waals surface area contributed by atoms with Crippen LogP contribution in [0.4, 0.5) is 0 Å². The van der Waals surface area contributed by atoms with Crippen molar-refractivity contribution < 1.29 is 44.5 Å². The minimum Gasteiger partial charge on any atom is -0.508 e. The van der Waals surface area contributed by atoms with Gasteiger partial charge in [0, 0.05) is 58.7 Å². The van der Waals surface area contributed by atoms with Gasteiger partial charge in [-0.3, -0.25) is 5.32 Å².